The highest BCUT2D eigenvalue weighted by atomic mass is 19.1. The molecule has 2 fully saturated rings. The van der Waals surface area contributed by atoms with Gasteiger partial charge in [-0.15, -0.1) is 0 Å². The number of hydrogen-bond acceptors (Lipinski definition) is 2. The van der Waals surface area contributed by atoms with Crippen molar-refractivity contribution in [2.24, 2.45) is 5.92 Å². The fourth-order valence-electron chi connectivity index (χ4n) is 5.93. The third-order valence-corrected chi connectivity index (χ3v) is 7.73. The standard InChI is InChI=1S/C30H32F2N2O/c31-27-12-7-13-28(32)26(27)21-33-18-17-29-24(20-33)14-15-30(35)34(29)19-16-25(22-8-3-1-4-9-22)23-10-5-2-6-11-23/h1-13,24-25,29H,14-21H2/t24-,29+/m1/s1. The first kappa shape index (κ1) is 23.7. The normalized spacial score (nSPS) is 20.8. The van der Waals surface area contributed by atoms with Gasteiger partial charge in [0.25, 0.3) is 0 Å². The molecule has 0 saturated carbocycles. The van der Waals surface area contributed by atoms with E-state index in [0.29, 0.717) is 12.3 Å². The zero-order valence-electron chi connectivity index (χ0n) is 20.0. The van der Waals surface area contributed by atoms with Crippen LogP contribution < -0.4 is 0 Å². The molecule has 0 N–H and O–H groups in total. The lowest BCUT2D eigenvalue weighted by Gasteiger charge is -2.47. The molecule has 0 aromatic heterocycles. The Morgan fingerprint density at radius 1 is 0.829 bits per heavy atom. The highest BCUT2D eigenvalue weighted by Gasteiger charge is 2.39. The van der Waals surface area contributed by atoms with Gasteiger partial charge in [0.15, 0.2) is 0 Å². The van der Waals surface area contributed by atoms with Gasteiger partial charge in [0.05, 0.1) is 0 Å². The molecule has 2 atom stereocenters. The van der Waals surface area contributed by atoms with Gasteiger partial charge in [-0.2, -0.15) is 0 Å². The van der Waals surface area contributed by atoms with Gasteiger partial charge >= 0.3 is 0 Å². The number of hydrogen-bond donors (Lipinski definition) is 0. The number of fused-ring (bicyclic) bond motifs is 1. The molecule has 2 aliphatic rings. The van der Waals surface area contributed by atoms with E-state index in [2.05, 4.69) is 58.3 Å². The third-order valence-electron chi connectivity index (χ3n) is 7.73. The van der Waals surface area contributed by atoms with Crippen LogP contribution in [0.15, 0.2) is 78.9 Å². The number of carbonyl (C=O) groups excluding carboxylic acids is 1. The molecule has 0 bridgehead atoms. The molecule has 2 aliphatic heterocycles. The van der Waals surface area contributed by atoms with Crippen LogP contribution in [0.1, 0.15) is 48.3 Å². The number of benzene rings is 3. The summed E-state index contributed by atoms with van der Waals surface area (Å²) in [6.07, 6.45) is 3.10. The Hall–Kier alpha value is -3.05. The molecule has 2 saturated heterocycles. The predicted octanol–water partition coefficient (Wildman–Crippen LogP) is 6.00. The molecule has 3 aromatic rings. The largest absolute Gasteiger partial charge is 0.339 e. The van der Waals surface area contributed by atoms with Crippen molar-refractivity contribution in [1.29, 1.82) is 0 Å². The van der Waals surface area contributed by atoms with E-state index in [4.69, 9.17) is 0 Å². The zero-order chi connectivity index (χ0) is 24.2. The Labute approximate surface area is 206 Å². The molecule has 0 aliphatic carbocycles. The molecular formula is C30H32F2N2O. The highest BCUT2D eigenvalue weighted by Crippen LogP contribution is 2.34. The third kappa shape index (κ3) is 5.30. The zero-order valence-corrected chi connectivity index (χ0v) is 20.0. The second-order valence-electron chi connectivity index (χ2n) is 9.84. The first-order chi connectivity index (χ1) is 17.1. The van der Waals surface area contributed by atoms with Gasteiger partial charge in [-0.3, -0.25) is 9.69 Å². The fraction of sp³-hybridized carbons (Fsp3) is 0.367. The van der Waals surface area contributed by atoms with Crippen LogP contribution in [0.25, 0.3) is 0 Å². The Balaban J connectivity index is 1.28. The first-order valence-electron chi connectivity index (χ1n) is 12.6. The van der Waals surface area contributed by atoms with Crippen LogP contribution >= 0.6 is 0 Å². The van der Waals surface area contributed by atoms with Gasteiger partial charge in [0.2, 0.25) is 5.91 Å². The number of piperidine rings is 2. The van der Waals surface area contributed by atoms with Crippen molar-refractivity contribution >= 4 is 5.91 Å². The van der Waals surface area contributed by atoms with E-state index in [9.17, 15) is 13.6 Å². The number of rotatable bonds is 7. The maximum atomic E-state index is 14.2. The maximum Gasteiger partial charge on any atom is 0.222 e. The van der Waals surface area contributed by atoms with Crippen LogP contribution in [0, 0.1) is 17.6 Å². The van der Waals surface area contributed by atoms with Crippen molar-refractivity contribution in [1.82, 2.24) is 9.80 Å². The molecule has 2 heterocycles. The van der Waals surface area contributed by atoms with Crippen LogP contribution in [0.4, 0.5) is 8.78 Å². The second kappa shape index (κ2) is 10.7. The minimum Gasteiger partial charge on any atom is -0.339 e. The summed E-state index contributed by atoms with van der Waals surface area (Å²) in [5.74, 6) is -0.168. The summed E-state index contributed by atoms with van der Waals surface area (Å²) in [6.45, 7) is 2.50. The van der Waals surface area contributed by atoms with E-state index in [1.165, 1.54) is 29.3 Å². The first-order valence-corrected chi connectivity index (χ1v) is 12.6. The van der Waals surface area contributed by atoms with E-state index >= 15 is 0 Å². The van der Waals surface area contributed by atoms with Gasteiger partial charge in [0.1, 0.15) is 11.6 Å². The predicted molar refractivity (Wildman–Crippen MR) is 134 cm³/mol. The van der Waals surface area contributed by atoms with Crippen LogP contribution in [0.3, 0.4) is 0 Å². The van der Waals surface area contributed by atoms with E-state index in [-0.39, 0.29) is 30.0 Å². The summed E-state index contributed by atoms with van der Waals surface area (Å²) in [7, 11) is 0. The quantitative estimate of drug-likeness (QED) is 0.419. The van der Waals surface area contributed by atoms with E-state index in [1.54, 1.807) is 0 Å². The van der Waals surface area contributed by atoms with Crippen LogP contribution in [-0.2, 0) is 11.3 Å². The van der Waals surface area contributed by atoms with Crippen LogP contribution in [-0.4, -0.2) is 41.4 Å². The van der Waals surface area contributed by atoms with E-state index in [1.807, 2.05) is 12.1 Å². The van der Waals surface area contributed by atoms with Gasteiger partial charge in [-0.05, 0) is 48.4 Å². The molecule has 5 heteroatoms. The van der Waals surface area contributed by atoms with Gasteiger partial charge in [0, 0.05) is 50.1 Å². The SMILES string of the molecule is O=C1CC[C@@H]2CN(Cc3c(F)cccc3F)CC[C@@H]2N1CCC(c1ccccc1)c1ccccc1. The van der Waals surface area contributed by atoms with Crippen molar-refractivity contribution < 1.29 is 13.6 Å². The molecular weight excluding hydrogens is 442 g/mol. The maximum absolute atomic E-state index is 14.2. The van der Waals surface area contributed by atoms with E-state index in [0.717, 1.165) is 38.9 Å². The molecule has 182 valence electrons. The number of amides is 1. The number of nitrogens with zero attached hydrogens (tertiary/aromatic N) is 2. The molecule has 35 heavy (non-hydrogen) atoms. The highest BCUT2D eigenvalue weighted by molar-refractivity contribution is 5.77. The molecule has 0 unspecified atom stereocenters. The van der Waals surface area contributed by atoms with Crippen LogP contribution in [0.5, 0.6) is 0 Å². The lowest BCUT2D eigenvalue weighted by atomic mass is 9.82. The summed E-state index contributed by atoms with van der Waals surface area (Å²) in [6, 6.07) is 25.3. The molecule has 0 spiro atoms. The fourth-order valence-corrected chi connectivity index (χ4v) is 5.93. The molecule has 0 radical (unpaired) electrons. The van der Waals surface area contributed by atoms with Crippen molar-refractivity contribution in [3.05, 3.63) is 107 Å². The smallest absolute Gasteiger partial charge is 0.222 e. The van der Waals surface area contributed by atoms with Gasteiger partial charge in [-0.25, -0.2) is 8.78 Å². The monoisotopic (exact) mass is 474 g/mol. The van der Waals surface area contributed by atoms with Crippen LogP contribution in [0.2, 0.25) is 0 Å². The van der Waals surface area contributed by atoms with Crippen molar-refractivity contribution in [2.45, 2.75) is 44.2 Å². The molecule has 3 aromatic carbocycles. The summed E-state index contributed by atoms with van der Waals surface area (Å²) in [5, 5.41) is 0. The Kier molecular flexibility index (Phi) is 7.24. The number of likely N-dealkylation sites (tertiary alicyclic amines) is 2. The average molecular weight is 475 g/mol. The lowest BCUT2D eigenvalue weighted by Crippen LogP contribution is -2.56. The molecule has 1 amide bonds. The van der Waals surface area contributed by atoms with Gasteiger partial charge < -0.3 is 4.90 Å². The van der Waals surface area contributed by atoms with Crippen molar-refractivity contribution in [3.8, 4) is 0 Å². The van der Waals surface area contributed by atoms with E-state index < -0.39 is 11.6 Å². The summed E-state index contributed by atoms with van der Waals surface area (Å²) in [5.41, 5.74) is 2.67. The molecule has 3 nitrogen and oxygen atoms in total. The minimum absolute atomic E-state index is 0.142. The number of halogens is 2. The topological polar surface area (TPSA) is 23.6 Å². The summed E-state index contributed by atoms with van der Waals surface area (Å²) in [4.78, 5) is 17.3. The Morgan fingerprint density at radius 2 is 1.46 bits per heavy atom. The number of carbonyl (C=O) groups is 1. The Morgan fingerprint density at radius 3 is 2.09 bits per heavy atom. The van der Waals surface area contributed by atoms with Gasteiger partial charge in [-0.1, -0.05) is 66.7 Å². The Bertz CT molecular complexity index is 1080. The lowest BCUT2D eigenvalue weighted by molar-refractivity contribution is -0.141. The minimum atomic E-state index is -0.486. The second-order valence-corrected chi connectivity index (χ2v) is 9.84. The average Bonchev–Trinajstić information content (AvgIpc) is 2.89. The summed E-state index contributed by atoms with van der Waals surface area (Å²) >= 11 is 0. The van der Waals surface area contributed by atoms with Crippen molar-refractivity contribution in [2.75, 3.05) is 19.6 Å². The van der Waals surface area contributed by atoms with Crippen molar-refractivity contribution in [3.63, 3.8) is 0 Å². The summed E-state index contributed by atoms with van der Waals surface area (Å²) < 4.78 is 28.4. The molecule has 5 rings (SSSR count).